The van der Waals surface area contributed by atoms with E-state index in [-0.39, 0.29) is 37.5 Å². The second-order valence-electron chi connectivity index (χ2n) is 19.2. The molecule has 0 fully saturated rings. The van der Waals surface area contributed by atoms with E-state index in [1.54, 1.807) is 0 Å². The van der Waals surface area contributed by atoms with Gasteiger partial charge in [-0.2, -0.15) is 0 Å². The number of hydrogen-bond acceptors (Lipinski definition) is 6. The summed E-state index contributed by atoms with van der Waals surface area (Å²) in [6.45, 7) is 6.44. The minimum atomic E-state index is -0.806. The second-order valence-corrected chi connectivity index (χ2v) is 19.2. The van der Waals surface area contributed by atoms with Gasteiger partial charge < -0.3 is 14.2 Å². The fourth-order valence-electron chi connectivity index (χ4n) is 7.79. The Labute approximate surface area is 443 Å². The van der Waals surface area contributed by atoms with Gasteiger partial charge in [0.25, 0.3) is 0 Å². The van der Waals surface area contributed by atoms with Crippen LogP contribution < -0.4 is 0 Å². The first-order chi connectivity index (χ1) is 35.5. The van der Waals surface area contributed by atoms with E-state index < -0.39 is 6.10 Å². The van der Waals surface area contributed by atoms with Gasteiger partial charge in [0.2, 0.25) is 0 Å². The minimum absolute atomic E-state index is 0.0999. The summed E-state index contributed by atoms with van der Waals surface area (Å²) in [4.78, 5) is 38.0. The van der Waals surface area contributed by atoms with E-state index in [2.05, 4.69) is 142 Å². The molecular formula is C66H108O6. The van der Waals surface area contributed by atoms with Gasteiger partial charge in [-0.15, -0.1) is 0 Å². The van der Waals surface area contributed by atoms with Gasteiger partial charge in [0, 0.05) is 19.3 Å². The average molecular weight is 998 g/mol. The summed E-state index contributed by atoms with van der Waals surface area (Å²) in [5, 5.41) is 0. The van der Waals surface area contributed by atoms with Gasteiger partial charge in [0.05, 0.1) is 0 Å². The zero-order valence-electron chi connectivity index (χ0n) is 46.7. The lowest BCUT2D eigenvalue weighted by molar-refractivity contribution is -0.167. The summed E-state index contributed by atoms with van der Waals surface area (Å²) in [5.74, 6) is -0.975. The molecule has 1 unspecified atom stereocenters. The van der Waals surface area contributed by atoms with Crippen LogP contribution in [0.4, 0.5) is 0 Å². The van der Waals surface area contributed by atoms with E-state index in [0.717, 1.165) is 116 Å². The summed E-state index contributed by atoms with van der Waals surface area (Å²) in [7, 11) is 0. The molecule has 0 heterocycles. The first-order valence-corrected chi connectivity index (χ1v) is 29.5. The van der Waals surface area contributed by atoms with Crippen LogP contribution in [0, 0.1) is 0 Å². The average Bonchev–Trinajstić information content (AvgIpc) is 3.38. The normalized spacial score (nSPS) is 13.0. The topological polar surface area (TPSA) is 78.9 Å². The lowest BCUT2D eigenvalue weighted by Crippen LogP contribution is -2.30. The molecule has 0 rings (SSSR count). The van der Waals surface area contributed by atoms with Gasteiger partial charge in [-0.25, -0.2) is 0 Å². The van der Waals surface area contributed by atoms with E-state index in [1.807, 2.05) is 0 Å². The highest BCUT2D eigenvalue weighted by Gasteiger charge is 2.19. The summed E-state index contributed by atoms with van der Waals surface area (Å²) in [6, 6.07) is 0. The molecule has 0 aromatic carbocycles. The molecule has 6 heteroatoms. The Morgan fingerprint density at radius 2 is 0.556 bits per heavy atom. The van der Waals surface area contributed by atoms with Gasteiger partial charge in [0.15, 0.2) is 6.10 Å². The Hall–Kier alpha value is -4.19. The van der Waals surface area contributed by atoms with E-state index in [4.69, 9.17) is 14.2 Å². The first-order valence-electron chi connectivity index (χ1n) is 29.5. The minimum Gasteiger partial charge on any atom is -0.462 e. The summed E-state index contributed by atoms with van der Waals surface area (Å²) in [5.41, 5.74) is 0. The molecule has 0 spiro atoms. The van der Waals surface area contributed by atoms with Gasteiger partial charge in [-0.3, -0.25) is 14.4 Å². The van der Waals surface area contributed by atoms with Crippen LogP contribution in [0.5, 0.6) is 0 Å². The van der Waals surface area contributed by atoms with Gasteiger partial charge >= 0.3 is 17.9 Å². The number of unbranched alkanes of at least 4 members (excludes halogenated alkanes) is 21. The Bertz CT molecular complexity index is 1520. The fourth-order valence-corrected chi connectivity index (χ4v) is 7.79. The number of ether oxygens (including phenoxy) is 3. The number of hydrogen-bond donors (Lipinski definition) is 0. The van der Waals surface area contributed by atoms with Crippen molar-refractivity contribution in [2.24, 2.45) is 0 Å². The molecule has 0 radical (unpaired) electrons. The van der Waals surface area contributed by atoms with Crippen molar-refractivity contribution in [2.75, 3.05) is 13.2 Å². The van der Waals surface area contributed by atoms with Crippen molar-refractivity contribution in [1.82, 2.24) is 0 Å². The molecule has 0 aromatic rings. The molecule has 1 atom stereocenters. The molecule has 0 aromatic heterocycles. The zero-order chi connectivity index (χ0) is 52.2. The van der Waals surface area contributed by atoms with Crippen molar-refractivity contribution in [3.63, 3.8) is 0 Å². The maximum Gasteiger partial charge on any atom is 0.306 e. The SMILES string of the molecule is CC/C=C\C/C=C\C/C=C\C/C=C\C/C=C\C/C=C\C/C=C\C/C=C\C/C=C\CCCC(=O)OCC(COC(=O)CCCCCCCCCCC)OC(=O)CCCCCCC/C=C\CCCCCCCCC. The molecular weight excluding hydrogens is 889 g/mol. The van der Waals surface area contributed by atoms with Crippen LogP contribution in [-0.4, -0.2) is 37.2 Å². The Balaban J connectivity index is 4.37. The highest BCUT2D eigenvalue weighted by Crippen LogP contribution is 2.14. The third-order valence-corrected chi connectivity index (χ3v) is 12.2. The number of allylic oxidation sites excluding steroid dienone is 20. The van der Waals surface area contributed by atoms with Crippen LogP contribution >= 0.6 is 0 Å². The molecule has 0 saturated heterocycles. The number of carbonyl (C=O) groups excluding carboxylic acids is 3. The van der Waals surface area contributed by atoms with Crippen LogP contribution in [0.3, 0.4) is 0 Å². The molecule has 0 amide bonds. The smallest absolute Gasteiger partial charge is 0.306 e. The fraction of sp³-hybridized carbons (Fsp3) is 0.652. The third-order valence-electron chi connectivity index (χ3n) is 12.2. The molecule has 72 heavy (non-hydrogen) atoms. The standard InChI is InChI=1S/C66H108O6/c1-4-7-10-13-16-19-21-23-25-27-28-29-30-31-32-33-34-35-36-37-38-39-41-42-44-47-50-53-56-59-65(68)71-62-63(61-70-64(67)58-55-52-49-46-18-15-12-9-6-3)72-66(69)60-57-54-51-48-45-43-40-26-24-22-20-17-14-11-8-5-2/h7,10,16,19,23,25-26,28-29,31-32,34-35,37-38,40-42,47,50,63H,4-6,8-9,11-15,17-18,20-22,24,27,30,33,36,39,43-46,48-49,51-62H2,1-3H3/b10-7-,19-16-,25-23-,29-28-,32-31-,35-34-,38-37-,40-26-,42-41-,50-47-. The lowest BCUT2D eigenvalue weighted by Gasteiger charge is -2.18. The highest BCUT2D eigenvalue weighted by atomic mass is 16.6. The van der Waals surface area contributed by atoms with Crippen LogP contribution in [0.25, 0.3) is 0 Å². The van der Waals surface area contributed by atoms with E-state index in [0.29, 0.717) is 19.3 Å². The Morgan fingerprint density at radius 1 is 0.292 bits per heavy atom. The largest absolute Gasteiger partial charge is 0.462 e. The van der Waals surface area contributed by atoms with E-state index in [9.17, 15) is 14.4 Å². The van der Waals surface area contributed by atoms with Crippen molar-refractivity contribution in [3.05, 3.63) is 122 Å². The van der Waals surface area contributed by atoms with Crippen molar-refractivity contribution < 1.29 is 28.6 Å². The highest BCUT2D eigenvalue weighted by molar-refractivity contribution is 5.71. The maximum atomic E-state index is 12.8. The maximum absolute atomic E-state index is 12.8. The summed E-state index contributed by atoms with van der Waals surface area (Å²) in [6.07, 6.45) is 82.1. The van der Waals surface area contributed by atoms with Gasteiger partial charge in [-0.1, -0.05) is 251 Å². The van der Waals surface area contributed by atoms with Gasteiger partial charge in [0.1, 0.15) is 13.2 Å². The van der Waals surface area contributed by atoms with Crippen molar-refractivity contribution >= 4 is 17.9 Å². The number of esters is 3. The number of rotatable bonds is 52. The second kappa shape index (κ2) is 59.4. The van der Waals surface area contributed by atoms with Crippen LogP contribution in [0.15, 0.2) is 122 Å². The van der Waals surface area contributed by atoms with Crippen molar-refractivity contribution in [3.8, 4) is 0 Å². The molecule has 6 nitrogen and oxygen atoms in total. The first kappa shape index (κ1) is 67.8. The van der Waals surface area contributed by atoms with Crippen LogP contribution in [-0.2, 0) is 28.6 Å². The van der Waals surface area contributed by atoms with Gasteiger partial charge in [-0.05, 0) is 109 Å². The van der Waals surface area contributed by atoms with E-state index in [1.165, 1.54) is 96.3 Å². The molecule has 0 aliphatic rings. The van der Waals surface area contributed by atoms with E-state index >= 15 is 0 Å². The quantitative estimate of drug-likeness (QED) is 0.0261. The number of carbonyl (C=O) groups is 3. The Kier molecular flexibility index (Phi) is 55.9. The zero-order valence-corrected chi connectivity index (χ0v) is 46.7. The molecule has 0 aliphatic heterocycles. The predicted molar refractivity (Wildman–Crippen MR) is 311 cm³/mol. The summed E-state index contributed by atoms with van der Waals surface area (Å²) < 4.78 is 16.8. The van der Waals surface area contributed by atoms with Crippen LogP contribution in [0.2, 0.25) is 0 Å². The third kappa shape index (κ3) is 56.7. The summed E-state index contributed by atoms with van der Waals surface area (Å²) >= 11 is 0. The van der Waals surface area contributed by atoms with Crippen molar-refractivity contribution in [2.45, 2.75) is 264 Å². The Morgan fingerprint density at radius 3 is 0.917 bits per heavy atom. The lowest BCUT2D eigenvalue weighted by atomic mass is 10.1. The molecule has 0 N–H and O–H groups in total. The molecule has 0 aliphatic carbocycles. The predicted octanol–water partition coefficient (Wildman–Crippen LogP) is 20.0. The molecule has 408 valence electrons. The van der Waals surface area contributed by atoms with Crippen molar-refractivity contribution in [1.29, 1.82) is 0 Å². The molecule has 0 saturated carbocycles. The van der Waals surface area contributed by atoms with Crippen LogP contribution in [0.1, 0.15) is 258 Å². The monoisotopic (exact) mass is 997 g/mol. The molecule has 0 bridgehead atoms.